The van der Waals surface area contributed by atoms with Gasteiger partial charge >= 0.3 is 0 Å². The van der Waals surface area contributed by atoms with Crippen molar-refractivity contribution in [3.05, 3.63) is 9.82 Å². The zero-order valence-corrected chi connectivity index (χ0v) is 10.1. The van der Waals surface area contributed by atoms with Gasteiger partial charge < -0.3 is 0 Å². The zero-order chi connectivity index (χ0) is 9.68. The third kappa shape index (κ3) is 3.91. The third-order valence-corrected chi connectivity index (χ3v) is 3.57. The molecule has 3 nitrogen and oxygen atoms in total. The van der Waals surface area contributed by atoms with E-state index in [0.29, 0.717) is 27.3 Å². The Balaban J connectivity index is 2.79. The van der Waals surface area contributed by atoms with E-state index in [-0.39, 0.29) is 0 Å². The van der Waals surface area contributed by atoms with Crippen LogP contribution in [0.25, 0.3) is 0 Å². The number of hydrogen-bond acceptors (Lipinski definition) is 5. The molecule has 0 aliphatic carbocycles. The van der Waals surface area contributed by atoms with Gasteiger partial charge in [-0.05, 0) is 10.3 Å². The van der Waals surface area contributed by atoms with Gasteiger partial charge in [-0.25, -0.2) is 0 Å². The standard InChI is InChI=1S/C5H4Cl3N3S2/c6-2-1-3(7)9-10-5-4(8)11-13-12-5/h1-2H2/b9-3-,10-5-. The van der Waals surface area contributed by atoms with E-state index < -0.39 is 0 Å². The van der Waals surface area contributed by atoms with Crippen LogP contribution in [0.4, 0.5) is 0 Å². The Bertz CT molecular complexity index is 356. The maximum Gasteiger partial charge on any atom is 0.188 e. The first kappa shape index (κ1) is 11.4. The summed E-state index contributed by atoms with van der Waals surface area (Å²) in [5, 5.41) is 8.27. The highest BCUT2D eigenvalue weighted by molar-refractivity contribution is 7.66. The molecule has 0 aromatic carbocycles. The van der Waals surface area contributed by atoms with E-state index in [0.717, 1.165) is 0 Å². The number of alkyl halides is 1. The molecule has 13 heavy (non-hydrogen) atoms. The molecule has 1 aromatic heterocycles. The molecule has 0 atom stereocenters. The first-order valence-corrected chi connectivity index (χ1v) is 6.57. The second-order valence-corrected chi connectivity index (χ2v) is 4.86. The van der Waals surface area contributed by atoms with Gasteiger partial charge in [0.05, 0.1) is 0 Å². The topological polar surface area (TPSA) is 37.6 Å². The van der Waals surface area contributed by atoms with Crippen LogP contribution in [0.3, 0.4) is 0 Å². The fourth-order valence-corrected chi connectivity index (χ4v) is 2.76. The molecule has 0 aliphatic rings. The SMILES string of the molecule is ClCC/C(Cl)=N/N=c1\ssnc1Cl. The molecule has 0 aliphatic heterocycles. The lowest BCUT2D eigenvalue weighted by Gasteiger charge is -1.86. The van der Waals surface area contributed by atoms with Gasteiger partial charge in [-0.1, -0.05) is 23.2 Å². The second-order valence-electron chi connectivity index (χ2n) is 1.86. The van der Waals surface area contributed by atoms with Gasteiger partial charge in [0.1, 0.15) is 5.17 Å². The molecule has 1 heterocycles. The first-order valence-electron chi connectivity index (χ1n) is 3.17. The Morgan fingerprint density at radius 3 is 2.85 bits per heavy atom. The fraction of sp³-hybridized carbons (Fsp3) is 0.400. The minimum atomic E-state index is 0.356. The molecule has 72 valence electrons. The first-order chi connectivity index (χ1) is 6.24. The lowest BCUT2D eigenvalue weighted by Crippen LogP contribution is -1.94. The Morgan fingerprint density at radius 1 is 1.54 bits per heavy atom. The van der Waals surface area contributed by atoms with Gasteiger partial charge in [0.15, 0.2) is 9.82 Å². The molecule has 0 amide bonds. The summed E-state index contributed by atoms with van der Waals surface area (Å²) in [4.78, 5) is 0. The number of halogens is 3. The molecule has 0 saturated heterocycles. The lowest BCUT2D eigenvalue weighted by atomic mass is 10.5. The Kier molecular flexibility index (Phi) is 5.20. The van der Waals surface area contributed by atoms with Crippen LogP contribution in [-0.2, 0) is 0 Å². The monoisotopic (exact) mass is 275 g/mol. The Morgan fingerprint density at radius 2 is 2.31 bits per heavy atom. The second kappa shape index (κ2) is 5.93. The highest BCUT2D eigenvalue weighted by atomic mass is 35.5. The summed E-state index contributed by atoms with van der Waals surface area (Å²) in [5.41, 5.74) is 0. The van der Waals surface area contributed by atoms with E-state index in [1.807, 2.05) is 0 Å². The van der Waals surface area contributed by atoms with Crippen LogP contribution in [0.5, 0.6) is 0 Å². The van der Waals surface area contributed by atoms with Crippen LogP contribution in [0, 0.1) is 0 Å². The summed E-state index contributed by atoms with van der Waals surface area (Å²) in [6.07, 6.45) is 0.506. The predicted molar refractivity (Wildman–Crippen MR) is 59.2 cm³/mol. The van der Waals surface area contributed by atoms with Crippen molar-refractivity contribution >= 4 is 60.9 Å². The lowest BCUT2D eigenvalue weighted by molar-refractivity contribution is 1.14. The van der Waals surface area contributed by atoms with E-state index in [9.17, 15) is 0 Å². The molecular formula is C5H4Cl3N3S2. The smallest absolute Gasteiger partial charge is 0.167 e. The van der Waals surface area contributed by atoms with Crippen molar-refractivity contribution in [1.82, 2.24) is 4.37 Å². The highest BCUT2D eigenvalue weighted by Crippen LogP contribution is 2.05. The van der Waals surface area contributed by atoms with Crippen LogP contribution in [0.1, 0.15) is 6.42 Å². The molecule has 1 aromatic rings. The van der Waals surface area contributed by atoms with E-state index >= 15 is 0 Å². The van der Waals surface area contributed by atoms with Gasteiger partial charge in [0.2, 0.25) is 0 Å². The maximum atomic E-state index is 5.68. The van der Waals surface area contributed by atoms with Crippen molar-refractivity contribution < 1.29 is 0 Å². The van der Waals surface area contributed by atoms with Crippen molar-refractivity contribution in [2.24, 2.45) is 10.2 Å². The van der Waals surface area contributed by atoms with Crippen LogP contribution in [0.15, 0.2) is 10.2 Å². The summed E-state index contributed by atoms with van der Waals surface area (Å²) < 4.78 is 4.40. The molecule has 0 N–H and O–H groups in total. The Labute approximate surface area is 97.2 Å². The molecular weight excluding hydrogens is 273 g/mol. The van der Waals surface area contributed by atoms with Gasteiger partial charge in [0.25, 0.3) is 0 Å². The van der Waals surface area contributed by atoms with E-state index in [4.69, 9.17) is 34.8 Å². The summed E-state index contributed by atoms with van der Waals surface area (Å²) in [5.74, 6) is 0.427. The predicted octanol–water partition coefficient (Wildman–Crippen LogP) is 2.94. The highest BCUT2D eigenvalue weighted by Gasteiger charge is 1.96. The van der Waals surface area contributed by atoms with Crippen LogP contribution in [0.2, 0.25) is 5.15 Å². The summed E-state index contributed by atoms with van der Waals surface area (Å²) in [6.45, 7) is 0. The zero-order valence-electron chi connectivity index (χ0n) is 6.21. The van der Waals surface area contributed by atoms with E-state index in [2.05, 4.69) is 14.6 Å². The fourth-order valence-electron chi connectivity index (χ4n) is 0.446. The minimum absolute atomic E-state index is 0.356. The van der Waals surface area contributed by atoms with Crippen molar-refractivity contribution in [3.8, 4) is 0 Å². The van der Waals surface area contributed by atoms with Crippen LogP contribution < -0.4 is 4.67 Å². The number of aromatic nitrogens is 1. The van der Waals surface area contributed by atoms with Crippen molar-refractivity contribution in [2.45, 2.75) is 6.42 Å². The average molecular weight is 277 g/mol. The molecule has 0 unspecified atom stereocenters. The molecule has 0 radical (unpaired) electrons. The molecule has 0 saturated carbocycles. The summed E-state index contributed by atoms with van der Waals surface area (Å²) >= 11 is 16.8. The van der Waals surface area contributed by atoms with Crippen LogP contribution in [-0.4, -0.2) is 15.4 Å². The molecule has 1 rings (SSSR count). The molecule has 0 bridgehead atoms. The van der Waals surface area contributed by atoms with Crippen LogP contribution >= 0.6 is 55.7 Å². The number of rotatable bonds is 3. The third-order valence-electron chi connectivity index (χ3n) is 0.960. The van der Waals surface area contributed by atoms with Crippen molar-refractivity contribution in [2.75, 3.05) is 5.88 Å². The Hall–Kier alpha value is 0.320. The maximum absolute atomic E-state index is 5.68. The molecule has 0 spiro atoms. The average Bonchev–Trinajstić information content (AvgIpc) is 2.48. The van der Waals surface area contributed by atoms with Gasteiger partial charge in [0, 0.05) is 22.8 Å². The minimum Gasteiger partial charge on any atom is -0.167 e. The normalized spacial score (nSPS) is 13.8. The van der Waals surface area contributed by atoms with Gasteiger partial charge in [-0.15, -0.1) is 21.8 Å². The summed E-state index contributed by atoms with van der Waals surface area (Å²) in [7, 11) is 2.60. The number of nitrogens with zero attached hydrogens (tertiary/aromatic N) is 3. The molecule has 8 heteroatoms. The van der Waals surface area contributed by atoms with Crippen molar-refractivity contribution in [1.29, 1.82) is 0 Å². The van der Waals surface area contributed by atoms with E-state index in [1.165, 1.54) is 20.9 Å². The van der Waals surface area contributed by atoms with Gasteiger partial charge in [-0.2, -0.15) is 4.37 Å². The molecule has 0 fully saturated rings. The van der Waals surface area contributed by atoms with Crippen molar-refractivity contribution in [3.63, 3.8) is 0 Å². The summed E-state index contributed by atoms with van der Waals surface area (Å²) in [6, 6.07) is 0. The number of hydrogen-bond donors (Lipinski definition) is 0. The quantitative estimate of drug-likeness (QED) is 0.362. The van der Waals surface area contributed by atoms with Gasteiger partial charge in [-0.3, -0.25) is 0 Å². The van der Waals surface area contributed by atoms with E-state index in [1.54, 1.807) is 0 Å². The largest absolute Gasteiger partial charge is 0.188 e.